The van der Waals surface area contributed by atoms with E-state index in [-0.39, 0.29) is 11.9 Å². The molecule has 0 aromatic carbocycles. The maximum atomic E-state index is 12.1. The van der Waals surface area contributed by atoms with Crippen molar-refractivity contribution in [2.45, 2.75) is 39.7 Å². The van der Waals surface area contributed by atoms with Crippen molar-refractivity contribution in [3.8, 4) is 6.07 Å². The summed E-state index contributed by atoms with van der Waals surface area (Å²) < 4.78 is 0. The SMILES string of the molecule is CCN1CCC(N(C)C(=O)C(C)(C)C#N)CC1. The largest absolute Gasteiger partial charge is 0.341 e. The molecule has 1 heterocycles. The lowest BCUT2D eigenvalue weighted by atomic mass is 9.92. The molecule has 0 N–H and O–H groups in total. The topological polar surface area (TPSA) is 47.3 Å². The van der Waals surface area contributed by atoms with E-state index in [1.165, 1.54) is 0 Å². The molecule has 0 spiro atoms. The molecule has 0 radical (unpaired) electrons. The normalized spacial score (nSPS) is 18.8. The van der Waals surface area contributed by atoms with Gasteiger partial charge in [0.2, 0.25) is 5.91 Å². The van der Waals surface area contributed by atoms with Crippen LogP contribution in [0.2, 0.25) is 0 Å². The molecule has 0 atom stereocenters. The lowest BCUT2D eigenvalue weighted by Gasteiger charge is -2.38. The number of hydrogen-bond donors (Lipinski definition) is 0. The van der Waals surface area contributed by atoms with E-state index in [4.69, 9.17) is 5.26 Å². The molecular formula is C13H23N3O. The summed E-state index contributed by atoms with van der Waals surface area (Å²) in [6, 6.07) is 2.37. The molecule has 1 amide bonds. The molecule has 0 aromatic rings. The van der Waals surface area contributed by atoms with Gasteiger partial charge in [-0.25, -0.2) is 0 Å². The third-order valence-electron chi connectivity index (χ3n) is 3.69. The summed E-state index contributed by atoms with van der Waals surface area (Å²) >= 11 is 0. The highest BCUT2D eigenvalue weighted by Crippen LogP contribution is 2.22. The first kappa shape index (κ1) is 14.0. The van der Waals surface area contributed by atoms with Crippen LogP contribution in [0.3, 0.4) is 0 Å². The van der Waals surface area contributed by atoms with Crippen LogP contribution in [-0.4, -0.2) is 48.4 Å². The first-order valence-electron chi connectivity index (χ1n) is 6.33. The van der Waals surface area contributed by atoms with Crippen molar-refractivity contribution in [3.05, 3.63) is 0 Å². The number of carbonyl (C=O) groups excluding carboxylic acids is 1. The van der Waals surface area contributed by atoms with Crippen molar-refractivity contribution in [1.29, 1.82) is 5.26 Å². The van der Waals surface area contributed by atoms with Crippen molar-refractivity contribution in [2.75, 3.05) is 26.7 Å². The van der Waals surface area contributed by atoms with Gasteiger partial charge in [-0.1, -0.05) is 6.92 Å². The van der Waals surface area contributed by atoms with Gasteiger partial charge in [0.25, 0.3) is 0 Å². The molecule has 1 saturated heterocycles. The van der Waals surface area contributed by atoms with Crippen LogP contribution in [0.5, 0.6) is 0 Å². The van der Waals surface area contributed by atoms with Gasteiger partial charge in [-0.15, -0.1) is 0 Å². The number of hydrogen-bond acceptors (Lipinski definition) is 3. The Morgan fingerprint density at radius 1 is 1.47 bits per heavy atom. The summed E-state index contributed by atoms with van der Waals surface area (Å²) in [5.74, 6) is -0.0602. The molecule has 0 aromatic heterocycles. The molecule has 17 heavy (non-hydrogen) atoms. The summed E-state index contributed by atoms with van der Waals surface area (Å²) in [6.45, 7) is 8.71. The Labute approximate surface area is 104 Å². The number of carbonyl (C=O) groups is 1. The Balaban J connectivity index is 2.58. The molecule has 0 bridgehead atoms. The average Bonchev–Trinajstić information content (AvgIpc) is 2.37. The van der Waals surface area contributed by atoms with E-state index in [0.29, 0.717) is 0 Å². The van der Waals surface area contributed by atoms with Crippen molar-refractivity contribution in [2.24, 2.45) is 5.41 Å². The number of likely N-dealkylation sites (tertiary alicyclic amines) is 1. The van der Waals surface area contributed by atoms with Gasteiger partial charge in [0, 0.05) is 26.2 Å². The van der Waals surface area contributed by atoms with Crippen LogP contribution in [0.4, 0.5) is 0 Å². The molecule has 1 aliphatic rings. The third kappa shape index (κ3) is 3.19. The molecule has 96 valence electrons. The summed E-state index contributed by atoms with van der Waals surface area (Å²) in [5.41, 5.74) is -0.906. The second kappa shape index (κ2) is 5.50. The summed E-state index contributed by atoms with van der Waals surface area (Å²) in [4.78, 5) is 16.3. The van der Waals surface area contributed by atoms with Gasteiger partial charge >= 0.3 is 0 Å². The van der Waals surface area contributed by atoms with Gasteiger partial charge in [-0.2, -0.15) is 5.26 Å². The summed E-state index contributed by atoms with van der Waals surface area (Å²) in [5, 5.41) is 8.99. The number of nitrogens with zero attached hydrogens (tertiary/aromatic N) is 3. The first-order valence-corrected chi connectivity index (χ1v) is 6.33. The Bertz CT molecular complexity index is 311. The zero-order valence-electron chi connectivity index (χ0n) is 11.4. The van der Waals surface area contributed by atoms with Crippen LogP contribution in [0.25, 0.3) is 0 Å². The second-order valence-electron chi connectivity index (χ2n) is 5.32. The average molecular weight is 237 g/mol. The van der Waals surface area contributed by atoms with E-state index in [1.807, 2.05) is 7.05 Å². The number of nitriles is 1. The lowest BCUT2D eigenvalue weighted by Crippen LogP contribution is -2.48. The highest BCUT2D eigenvalue weighted by atomic mass is 16.2. The molecule has 4 nitrogen and oxygen atoms in total. The van der Waals surface area contributed by atoms with Crippen molar-refractivity contribution in [1.82, 2.24) is 9.80 Å². The number of piperidine rings is 1. The fourth-order valence-electron chi connectivity index (χ4n) is 2.28. The Kier molecular flexibility index (Phi) is 4.53. The molecule has 1 fully saturated rings. The van der Waals surface area contributed by atoms with E-state index in [9.17, 15) is 4.79 Å². The van der Waals surface area contributed by atoms with Gasteiger partial charge < -0.3 is 9.80 Å². The van der Waals surface area contributed by atoms with Crippen molar-refractivity contribution >= 4 is 5.91 Å². The molecule has 4 heteroatoms. The first-order chi connectivity index (χ1) is 7.92. The minimum absolute atomic E-state index is 0.0602. The maximum Gasteiger partial charge on any atom is 0.242 e. The Morgan fingerprint density at radius 3 is 2.41 bits per heavy atom. The quantitative estimate of drug-likeness (QED) is 0.747. The smallest absolute Gasteiger partial charge is 0.242 e. The van der Waals surface area contributed by atoms with Crippen molar-refractivity contribution < 1.29 is 4.79 Å². The standard InChI is InChI=1S/C13H23N3O/c1-5-16-8-6-11(7-9-16)15(4)12(17)13(2,3)10-14/h11H,5-9H2,1-4H3. The fourth-order valence-corrected chi connectivity index (χ4v) is 2.28. The highest BCUT2D eigenvalue weighted by Gasteiger charge is 2.34. The minimum Gasteiger partial charge on any atom is -0.341 e. The summed E-state index contributed by atoms with van der Waals surface area (Å²) in [6.07, 6.45) is 2.02. The van der Waals surface area contributed by atoms with Gasteiger partial charge in [0.15, 0.2) is 0 Å². The number of amides is 1. The van der Waals surface area contributed by atoms with E-state index in [0.717, 1.165) is 32.5 Å². The van der Waals surface area contributed by atoms with Crippen LogP contribution in [0.1, 0.15) is 33.6 Å². The van der Waals surface area contributed by atoms with Crippen LogP contribution in [0, 0.1) is 16.7 Å². The fraction of sp³-hybridized carbons (Fsp3) is 0.846. The van der Waals surface area contributed by atoms with Crippen LogP contribution >= 0.6 is 0 Å². The van der Waals surface area contributed by atoms with Gasteiger partial charge in [0.1, 0.15) is 5.41 Å². The molecule has 0 saturated carbocycles. The third-order valence-corrected chi connectivity index (χ3v) is 3.69. The second-order valence-corrected chi connectivity index (χ2v) is 5.32. The molecular weight excluding hydrogens is 214 g/mol. The molecule has 1 rings (SSSR count). The predicted molar refractivity (Wildman–Crippen MR) is 67.3 cm³/mol. The Morgan fingerprint density at radius 2 is 2.00 bits per heavy atom. The van der Waals surface area contributed by atoms with Gasteiger partial charge in [-0.05, 0) is 33.2 Å². The zero-order chi connectivity index (χ0) is 13.1. The van der Waals surface area contributed by atoms with Gasteiger partial charge in [-0.3, -0.25) is 4.79 Å². The van der Waals surface area contributed by atoms with E-state index < -0.39 is 5.41 Å². The van der Waals surface area contributed by atoms with E-state index in [2.05, 4.69) is 17.9 Å². The molecule has 1 aliphatic heterocycles. The monoisotopic (exact) mass is 237 g/mol. The van der Waals surface area contributed by atoms with Crippen LogP contribution < -0.4 is 0 Å². The highest BCUT2D eigenvalue weighted by molar-refractivity contribution is 5.84. The lowest BCUT2D eigenvalue weighted by molar-refractivity contribution is -0.139. The Hall–Kier alpha value is -1.08. The minimum atomic E-state index is -0.906. The number of rotatable bonds is 3. The van der Waals surface area contributed by atoms with E-state index in [1.54, 1.807) is 18.7 Å². The molecule has 0 unspecified atom stereocenters. The predicted octanol–water partition coefficient (Wildman–Crippen LogP) is 1.48. The zero-order valence-corrected chi connectivity index (χ0v) is 11.4. The van der Waals surface area contributed by atoms with E-state index >= 15 is 0 Å². The van der Waals surface area contributed by atoms with Crippen molar-refractivity contribution in [3.63, 3.8) is 0 Å². The maximum absolute atomic E-state index is 12.1. The summed E-state index contributed by atoms with van der Waals surface area (Å²) in [7, 11) is 1.83. The van der Waals surface area contributed by atoms with Crippen LogP contribution in [-0.2, 0) is 4.79 Å². The molecule has 0 aliphatic carbocycles. The van der Waals surface area contributed by atoms with Gasteiger partial charge in [0.05, 0.1) is 6.07 Å². The van der Waals surface area contributed by atoms with Crippen LogP contribution in [0.15, 0.2) is 0 Å².